The van der Waals surface area contributed by atoms with Crippen LogP contribution in [0.4, 0.5) is 10.2 Å². The Morgan fingerprint density at radius 2 is 2.20 bits per heavy atom. The molecule has 2 fully saturated rings. The van der Waals surface area contributed by atoms with Crippen LogP contribution in [0, 0.1) is 5.82 Å². The predicted molar refractivity (Wildman–Crippen MR) is 69.4 cm³/mol. The van der Waals surface area contributed by atoms with Gasteiger partial charge in [-0.25, -0.2) is 9.18 Å². The normalized spacial score (nSPS) is 30.6. The summed E-state index contributed by atoms with van der Waals surface area (Å²) in [5.41, 5.74) is 4.69. The van der Waals surface area contributed by atoms with Crippen LogP contribution in [-0.2, 0) is 9.47 Å². The largest absolute Gasteiger partial charge is 0.381 e. The Balaban J connectivity index is 1.87. The van der Waals surface area contributed by atoms with E-state index in [0.717, 1.165) is 38.3 Å². The fourth-order valence-electron chi connectivity index (χ4n) is 2.89. The number of aromatic nitrogens is 2. The van der Waals surface area contributed by atoms with Gasteiger partial charge >= 0.3 is 5.69 Å². The maximum atomic E-state index is 13.5. The lowest BCUT2D eigenvalue weighted by Crippen LogP contribution is -2.45. The van der Waals surface area contributed by atoms with Crippen molar-refractivity contribution in [3.8, 4) is 0 Å². The summed E-state index contributed by atoms with van der Waals surface area (Å²) in [5.74, 6) is -1.72. The smallest absolute Gasteiger partial charge is 0.351 e. The second-order valence-corrected chi connectivity index (χ2v) is 5.34. The molecule has 1 spiro atoms. The van der Waals surface area contributed by atoms with E-state index in [-0.39, 0.29) is 5.82 Å². The molecule has 0 saturated carbocycles. The summed E-state index contributed by atoms with van der Waals surface area (Å²) in [7, 11) is 0. The predicted octanol–water partition coefficient (Wildman–Crippen LogP) is 1.56. The quantitative estimate of drug-likeness (QED) is 0.846. The molecule has 7 heteroatoms. The number of halogens is 1. The Kier molecular flexibility index (Phi) is 3.47. The van der Waals surface area contributed by atoms with E-state index >= 15 is 0 Å². The highest BCUT2D eigenvalue weighted by molar-refractivity contribution is 5.26. The average molecular weight is 283 g/mol. The van der Waals surface area contributed by atoms with Gasteiger partial charge in [0.05, 0.1) is 12.8 Å². The molecular formula is C13H18FN3O3. The lowest BCUT2D eigenvalue weighted by molar-refractivity contribution is -0.310. The Labute approximate surface area is 115 Å². The molecule has 20 heavy (non-hydrogen) atoms. The Morgan fingerprint density at radius 1 is 1.40 bits per heavy atom. The number of nitrogen functional groups attached to an aromatic ring is 1. The number of hydrogen-bond donors (Lipinski definition) is 1. The average Bonchev–Trinajstić information content (AvgIpc) is 2.44. The summed E-state index contributed by atoms with van der Waals surface area (Å²) in [6.07, 6.45) is 5.70. The van der Waals surface area contributed by atoms with Crippen LogP contribution >= 0.6 is 0 Å². The number of nitrogens with two attached hydrogens (primary N) is 1. The molecule has 0 aliphatic carbocycles. The van der Waals surface area contributed by atoms with Crippen LogP contribution in [0.5, 0.6) is 0 Å². The number of ether oxygens (including phenoxy) is 2. The first-order valence-electron chi connectivity index (χ1n) is 6.96. The van der Waals surface area contributed by atoms with E-state index in [9.17, 15) is 9.18 Å². The zero-order valence-corrected chi connectivity index (χ0v) is 11.2. The number of anilines is 1. The third kappa shape index (κ3) is 2.43. The van der Waals surface area contributed by atoms with E-state index in [1.807, 2.05) is 0 Å². The van der Waals surface area contributed by atoms with E-state index in [1.165, 1.54) is 4.57 Å². The summed E-state index contributed by atoms with van der Waals surface area (Å²) in [6, 6.07) is 0. The van der Waals surface area contributed by atoms with Gasteiger partial charge in [-0.3, -0.25) is 4.57 Å². The van der Waals surface area contributed by atoms with Gasteiger partial charge in [-0.05, 0) is 25.7 Å². The van der Waals surface area contributed by atoms with E-state index in [2.05, 4.69) is 4.98 Å². The maximum absolute atomic E-state index is 13.5. The van der Waals surface area contributed by atoms with Gasteiger partial charge in [0.2, 0.25) is 0 Å². The Morgan fingerprint density at radius 3 is 2.95 bits per heavy atom. The topological polar surface area (TPSA) is 79.4 Å². The molecule has 2 N–H and O–H groups in total. The Hall–Kier alpha value is -1.47. The van der Waals surface area contributed by atoms with Gasteiger partial charge in [0.25, 0.3) is 0 Å². The fourth-order valence-corrected chi connectivity index (χ4v) is 2.89. The molecule has 2 aliphatic heterocycles. The summed E-state index contributed by atoms with van der Waals surface area (Å²) in [6.45, 7) is 0.663. The van der Waals surface area contributed by atoms with Crippen molar-refractivity contribution in [1.29, 1.82) is 0 Å². The molecule has 0 aromatic carbocycles. The lowest BCUT2D eigenvalue weighted by atomic mass is 9.96. The summed E-state index contributed by atoms with van der Waals surface area (Å²) < 4.78 is 26.4. The van der Waals surface area contributed by atoms with Crippen molar-refractivity contribution in [3.63, 3.8) is 0 Å². The first kappa shape index (κ1) is 13.5. The number of nitrogens with zero attached hydrogens (tertiary/aromatic N) is 2. The monoisotopic (exact) mass is 283 g/mol. The minimum Gasteiger partial charge on any atom is -0.381 e. The van der Waals surface area contributed by atoms with Crippen molar-refractivity contribution in [2.45, 2.75) is 50.5 Å². The molecule has 1 aromatic rings. The standard InChI is InChI=1S/C13H18FN3O3/c14-9-8-17(12(18)16-11(9)15)10-4-3-6-13(20-10)5-1-2-7-19-13/h8,10H,1-7H2,(H2,15,16,18)/t10-,13-/m0/s1. The zero-order chi connectivity index (χ0) is 14.2. The fraction of sp³-hybridized carbons (Fsp3) is 0.692. The minimum absolute atomic E-state index is 0.384. The molecule has 2 saturated heterocycles. The van der Waals surface area contributed by atoms with Gasteiger partial charge in [0.1, 0.15) is 6.23 Å². The Bertz CT molecular complexity index is 549. The van der Waals surface area contributed by atoms with Crippen LogP contribution in [-0.4, -0.2) is 21.9 Å². The van der Waals surface area contributed by atoms with Crippen molar-refractivity contribution in [2.75, 3.05) is 12.3 Å². The van der Waals surface area contributed by atoms with Crippen molar-refractivity contribution in [2.24, 2.45) is 0 Å². The number of rotatable bonds is 1. The van der Waals surface area contributed by atoms with E-state index in [0.29, 0.717) is 13.0 Å². The highest BCUT2D eigenvalue weighted by Gasteiger charge is 2.40. The van der Waals surface area contributed by atoms with Gasteiger partial charge in [0, 0.05) is 12.8 Å². The van der Waals surface area contributed by atoms with E-state index < -0.39 is 23.5 Å². The van der Waals surface area contributed by atoms with Crippen molar-refractivity contribution >= 4 is 5.82 Å². The SMILES string of the molecule is Nc1nc(=O)n([C@@H]2CCC[C@]3(CCCCO3)O2)cc1F. The molecule has 2 atom stereocenters. The molecule has 3 heterocycles. The van der Waals surface area contributed by atoms with Crippen molar-refractivity contribution in [1.82, 2.24) is 9.55 Å². The molecule has 6 nitrogen and oxygen atoms in total. The summed E-state index contributed by atoms with van der Waals surface area (Å²) in [4.78, 5) is 15.3. The maximum Gasteiger partial charge on any atom is 0.351 e. The zero-order valence-electron chi connectivity index (χ0n) is 11.2. The van der Waals surface area contributed by atoms with Crippen LogP contribution in [0.25, 0.3) is 0 Å². The van der Waals surface area contributed by atoms with Crippen LogP contribution in [0.1, 0.15) is 44.8 Å². The highest BCUT2D eigenvalue weighted by atomic mass is 19.1. The van der Waals surface area contributed by atoms with Crippen LogP contribution < -0.4 is 11.4 Å². The molecule has 1 aromatic heterocycles. The second-order valence-electron chi connectivity index (χ2n) is 5.34. The third-order valence-corrected chi connectivity index (χ3v) is 3.92. The highest BCUT2D eigenvalue weighted by Crippen LogP contribution is 2.40. The molecule has 110 valence electrons. The van der Waals surface area contributed by atoms with Crippen molar-refractivity contribution in [3.05, 3.63) is 22.5 Å². The molecule has 0 radical (unpaired) electrons. The van der Waals surface area contributed by atoms with Gasteiger partial charge in [0.15, 0.2) is 17.4 Å². The van der Waals surface area contributed by atoms with Crippen LogP contribution in [0.2, 0.25) is 0 Å². The van der Waals surface area contributed by atoms with E-state index in [4.69, 9.17) is 15.2 Å². The lowest BCUT2D eigenvalue weighted by Gasteiger charge is -2.43. The molecule has 0 bridgehead atoms. The van der Waals surface area contributed by atoms with Gasteiger partial charge in [-0.15, -0.1) is 0 Å². The summed E-state index contributed by atoms with van der Waals surface area (Å²) in [5, 5.41) is 0. The number of hydrogen-bond acceptors (Lipinski definition) is 5. The third-order valence-electron chi connectivity index (χ3n) is 3.92. The summed E-state index contributed by atoms with van der Waals surface area (Å²) >= 11 is 0. The second kappa shape index (κ2) is 5.14. The van der Waals surface area contributed by atoms with Crippen LogP contribution in [0.15, 0.2) is 11.0 Å². The molecule has 0 unspecified atom stereocenters. The first-order chi connectivity index (χ1) is 9.60. The van der Waals surface area contributed by atoms with Gasteiger partial charge in [-0.2, -0.15) is 4.98 Å². The van der Waals surface area contributed by atoms with Gasteiger partial charge < -0.3 is 15.2 Å². The molecule has 3 rings (SSSR count). The molecule has 2 aliphatic rings. The minimum atomic E-state index is -0.711. The van der Waals surface area contributed by atoms with E-state index in [1.54, 1.807) is 0 Å². The van der Waals surface area contributed by atoms with Gasteiger partial charge in [-0.1, -0.05) is 0 Å². The van der Waals surface area contributed by atoms with Crippen LogP contribution in [0.3, 0.4) is 0 Å². The molecule has 0 amide bonds. The molecular weight excluding hydrogens is 265 g/mol. The first-order valence-corrected chi connectivity index (χ1v) is 6.96. The van der Waals surface area contributed by atoms with Crippen molar-refractivity contribution < 1.29 is 13.9 Å².